The van der Waals surface area contributed by atoms with Crippen LogP contribution in [0, 0.1) is 83.1 Å². The van der Waals surface area contributed by atoms with Crippen molar-refractivity contribution in [2.75, 3.05) is 45.8 Å². The van der Waals surface area contributed by atoms with E-state index < -0.39 is 74.3 Å². The van der Waals surface area contributed by atoms with Crippen LogP contribution in [0.3, 0.4) is 0 Å². The number of sulfone groups is 4. The largest absolute Gasteiger partial charge is 0.317 e. The predicted octanol–water partition coefficient (Wildman–Crippen LogP) is 8.77. The number of hydroxylamine groups is 2. The third-order valence-electron chi connectivity index (χ3n) is 12.8. The molecule has 13 nitrogen and oxygen atoms in total. The van der Waals surface area contributed by atoms with Gasteiger partial charge in [0.15, 0.2) is 0 Å². The molecule has 70 heavy (non-hydrogen) atoms. The van der Waals surface area contributed by atoms with E-state index in [2.05, 4.69) is 22.9 Å². The normalized spacial score (nSPS) is 13.0. The van der Waals surface area contributed by atoms with Crippen LogP contribution in [0.5, 0.6) is 0 Å². The van der Waals surface area contributed by atoms with Crippen LogP contribution in [0.4, 0.5) is 0 Å². The van der Waals surface area contributed by atoms with Crippen molar-refractivity contribution < 1.29 is 38.9 Å². The number of nitrogens with zero attached hydrogens (tertiary/aromatic N) is 1. The van der Waals surface area contributed by atoms with Crippen molar-refractivity contribution in [1.29, 1.82) is 0 Å². The smallest absolute Gasteiger partial charge is 0.287 e. The summed E-state index contributed by atoms with van der Waals surface area (Å²) in [6.07, 6.45) is 5.35. The zero-order valence-electron chi connectivity index (χ0n) is 43.9. The van der Waals surface area contributed by atoms with E-state index >= 15 is 33.7 Å². The summed E-state index contributed by atoms with van der Waals surface area (Å²) in [7, 11) is -23.2. The Bertz CT molecular complexity index is 2690. The molecule has 4 rings (SSSR count). The van der Waals surface area contributed by atoms with Gasteiger partial charge in [-0.25, -0.2) is 33.7 Å². The number of hydrogen-bond donors (Lipinski definition) is 4. The lowest BCUT2D eigenvalue weighted by molar-refractivity contribution is -0.114. The van der Waals surface area contributed by atoms with Crippen LogP contribution < -0.4 is 16.0 Å². The van der Waals surface area contributed by atoms with Crippen molar-refractivity contribution in [3.63, 3.8) is 0 Å². The SMILES string of the molecule is CCCNCCCCNCCCCNCCCCN(O)C(C(S(=O)(=O)c1c(C)cc(C)cc1C)S(=O)(=O)c1c(C)cc(C)cc1C)(S(=O)(=O)c1c(C)cc(C)cc1C)S(=O)(=O)c1c(C)cc(C)cc1C. The first-order chi connectivity index (χ1) is 32.6. The topological polar surface area (TPSA) is 196 Å². The van der Waals surface area contributed by atoms with Crippen molar-refractivity contribution >= 4 is 39.3 Å². The minimum Gasteiger partial charge on any atom is -0.317 e. The summed E-state index contributed by atoms with van der Waals surface area (Å²) in [5.41, 5.74) is 2.99. The second-order valence-corrected chi connectivity index (χ2v) is 28.0. The van der Waals surface area contributed by atoms with E-state index in [1.807, 2.05) is 0 Å². The second-order valence-electron chi connectivity index (χ2n) is 19.5. The summed E-state index contributed by atoms with van der Waals surface area (Å²) in [4.78, 5) is -2.31. The Kier molecular flexibility index (Phi) is 20.6. The molecule has 0 aliphatic heterocycles. The summed E-state index contributed by atoms with van der Waals surface area (Å²) >= 11 is 0. The minimum absolute atomic E-state index is 0.0260. The fourth-order valence-electron chi connectivity index (χ4n) is 10.5. The lowest BCUT2D eigenvalue weighted by atomic mass is 10.1. The highest BCUT2D eigenvalue weighted by atomic mass is 32.3. The average Bonchev–Trinajstić information content (AvgIpc) is 3.20. The van der Waals surface area contributed by atoms with Gasteiger partial charge in [0.2, 0.25) is 43.9 Å². The van der Waals surface area contributed by atoms with Gasteiger partial charge in [-0.05, 0) is 212 Å². The molecule has 0 unspecified atom stereocenters. The van der Waals surface area contributed by atoms with Crippen molar-refractivity contribution in [3.8, 4) is 0 Å². The molecule has 0 aliphatic carbocycles. The number of hydrogen-bond acceptors (Lipinski definition) is 13. The van der Waals surface area contributed by atoms with E-state index in [0.717, 1.165) is 58.3 Å². The van der Waals surface area contributed by atoms with Crippen molar-refractivity contribution in [2.45, 2.75) is 163 Å². The highest BCUT2D eigenvalue weighted by Crippen LogP contribution is 2.51. The molecular weight excluding hydrogens is 965 g/mol. The second kappa shape index (κ2) is 24.5. The zero-order chi connectivity index (χ0) is 52.6. The molecule has 0 saturated carbocycles. The molecule has 0 bridgehead atoms. The van der Waals surface area contributed by atoms with Crippen molar-refractivity contribution in [1.82, 2.24) is 21.0 Å². The van der Waals surface area contributed by atoms with Crippen molar-refractivity contribution in [2.24, 2.45) is 0 Å². The highest BCUT2D eigenvalue weighted by Gasteiger charge is 2.74. The van der Waals surface area contributed by atoms with Gasteiger partial charge in [0.25, 0.3) is 4.20 Å². The molecule has 4 N–H and O–H groups in total. The van der Waals surface area contributed by atoms with Gasteiger partial charge in [0.1, 0.15) is 0 Å². The Labute approximate surface area is 421 Å². The third kappa shape index (κ3) is 12.4. The van der Waals surface area contributed by atoms with E-state index in [-0.39, 0.29) is 56.0 Å². The molecule has 0 aromatic heterocycles. The van der Waals surface area contributed by atoms with Crippen LogP contribution in [0.15, 0.2) is 68.1 Å². The summed E-state index contributed by atoms with van der Waals surface area (Å²) in [5, 5.41) is 23.4. The average molecular weight is 1050 g/mol. The van der Waals surface area contributed by atoms with Gasteiger partial charge in [0, 0.05) is 6.54 Å². The molecule has 0 aliphatic rings. The third-order valence-corrected chi connectivity index (χ3v) is 25.3. The maximum Gasteiger partial charge on any atom is 0.287 e. The first kappa shape index (κ1) is 59.0. The minimum atomic E-state index is -5.91. The van der Waals surface area contributed by atoms with Gasteiger partial charge in [-0.2, -0.15) is 5.06 Å². The van der Waals surface area contributed by atoms with Crippen LogP contribution in [0.1, 0.15) is 119 Å². The Morgan fingerprint density at radius 3 is 0.929 bits per heavy atom. The van der Waals surface area contributed by atoms with Crippen LogP contribution in [-0.2, 0) is 39.3 Å². The molecule has 0 fully saturated rings. The zero-order valence-corrected chi connectivity index (χ0v) is 47.2. The first-order valence-corrected chi connectivity index (χ1v) is 30.6. The monoisotopic (exact) mass is 1040 g/mol. The Balaban J connectivity index is 2.04. The Morgan fingerprint density at radius 2 is 0.657 bits per heavy atom. The fraction of sp³-hybridized carbons (Fsp3) is 0.547. The molecule has 4 aromatic rings. The van der Waals surface area contributed by atoms with E-state index in [0.29, 0.717) is 41.8 Å². The van der Waals surface area contributed by atoms with Gasteiger partial charge in [-0.1, -0.05) is 77.7 Å². The van der Waals surface area contributed by atoms with Gasteiger partial charge in [-0.3, -0.25) is 0 Å². The van der Waals surface area contributed by atoms with E-state index in [4.69, 9.17) is 0 Å². The number of nitrogens with one attached hydrogen (secondary N) is 3. The number of benzene rings is 4. The molecule has 4 aromatic carbocycles. The predicted molar refractivity (Wildman–Crippen MR) is 283 cm³/mol. The standard InChI is InChI=1S/C53H80N4O9S4/c1-14-21-54-22-15-16-23-55-24-17-18-25-56-26-19-20-27-57(58)53(69(63,64)50-44(10)32-38(4)33-45(50)11,70(65,66)51-46(12)34-39(5)35-47(51)13)52(67(59,60)48-40(6)28-36(2)29-41(48)7)68(61,62)49-42(8)30-37(3)31-43(49)9/h28-35,52,54-56,58H,14-27H2,1-13H3. The van der Waals surface area contributed by atoms with E-state index in [9.17, 15) is 5.21 Å². The summed E-state index contributed by atoms with van der Waals surface area (Å²) in [6, 6.07) is 12.1. The van der Waals surface area contributed by atoms with Crippen LogP contribution in [0.25, 0.3) is 0 Å². The molecule has 17 heteroatoms. The Hall–Kier alpha value is -3.52. The van der Waals surface area contributed by atoms with Gasteiger partial charge in [-0.15, -0.1) is 0 Å². The fourth-order valence-corrected chi connectivity index (χ4v) is 24.3. The summed E-state index contributed by atoms with van der Waals surface area (Å²) in [6.45, 7) is 24.8. The Morgan fingerprint density at radius 1 is 0.414 bits per heavy atom. The lowest BCUT2D eigenvalue weighted by Gasteiger charge is -2.44. The van der Waals surface area contributed by atoms with E-state index in [1.54, 1.807) is 27.7 Å². The van der Waals surface area contributed by atoms with Crippen molar-refractivity contribution in [3.05, 3.63) is 115 Å². The lowest BCUT2D eigenvalue weighted by Crippen LogP contribution is -2.69. The quantitative estimate of drug-likeness (QED) is 0.0327. The molecular formula is C53H80N4O9S4. The summed E-state index contributed by atoms with van der Waals surface area (Å²) < 4.78 is 124. The van der Waals surface area contributed by atoms with Crippen LogP contribution in [0.2, 0.25) is 0 Å². The molecule has 0 heterocycles. The summed E-state index contributed by atoms with van der Waals surface area (Å²) in [5.74, 6) is 0. The van der Waals surface area contributed by atoms with Gasteiger partial charge < -0.3 is 21.2 Å². The molecule has 0 atom stereocenters. The van der Waals surface area contributed by atoms with Crippen LogP contribution >= 0.6 is 0 Å². The van der Waals surface area contributed by atoms with Crippen LogP contribution in [-0.4, -0.2) is 98.5 Å². The van der Waals surface area contributed by atoms with Gasteiger partial charge >= 0.3 is 0 Å². The highest BCUT2D eigenvalue weighted by molar-refractivity contribution is 8.16. The number of unbranched alkanes of at least 4 members (excludes halogenated alkanes) is 3. The first-order valence-electron chi connectivity index (χ1n) is 24.5. The van der Waals surface area contributed by atoms with Gasteiger partial charge in [0.05, 0.1) is 19.6 Å². The maximum absolute atomic E-state index is 16.6. The number of rotatable bonds is 27. The maximum atomic E-state index is 16.6. The number of aryl methyl sites for hydroxylation is 12. The molecule has 0 amide bonds. The molecule has 0 saturated heterocycles. The molecule has 0 radical (unpaired) electrons. The van der Waals surface area contributed by atoms with E-state index in [1.165, 1.54) is 104 Å². The molecule has 390 valence electrons. The molecule has 0 spiro atoms.